The average molecular weight is 379 g/mol. The third-order valence-corrected chi connectivity index (χ3v) is 6.67. The van der Waals surface area contributed by atoms with Gasteiger partial charge in [-0.3, -0.25) is 15.2 Å². The van der Waals surface area contributed by atoms with E-state index in [1.54, 1.807) is 20.0 Å². The molecule has 1 aliphatic rings. The van der Waals surface area contributed by atoms with E-state index in [1.807, 2.05) is 4.90 Å². The number of nitrogens with one attached hydrogen (secondary N) is 1. The molecule has 0 unspecified atom stereocenters. The maximum absolute atomic E-state index is 12.7. The Balaban J connectivity index is 2.00. The maximum atomic E-state index is 12.7. The van der Waals surface area contributed by atoms with Crippen molar-refractivity contribution >= 4 is 21.4 Å². The van der Waals surface area contributed by atoms with Gasteiger partial charge < -0.3 is 4.90 Å². The van der Waals surface area contributed by atoms with Gasteiger partial charge in [-0.05, 0) is 12.1 Å². The number of rotatable bonds is 6. The minimum Gasteiger partial charge on any atom is -0.361 e. The zero-order valence-electron chi connectivity index (χ0n) is 14.7. The van der Waals surface area contributed by atoms with Crippen LogP contribution in [0.3, 0.4) is 0 Å². The molecule has 1 aromatic carbocycles. The lowest BCUT2D eigenvalue weighted by Gasteiger charge is -2.28. The highest BCUT2D eigenvalue weighted by molar-refractivity contribution is 7.89. The highest BCUT2D eigenvalue weighted by Crippen LogP contribution is 2.34. The van der Waals surface area contributed by atoms with E-state index in [4.69, 9.17) is 0 Å². The van der Waals surface area contributed by atoms with Crippen molar-refractivity contribution in [3.63, 3.8) is 0 Å². The van der Waals surface area contributed by atoms with E-state index in [0.717, 1.165) is 17.3 Å². The number of hydrogen-bond acceptors (Lipinski definition) is 6. The second-order valence-corrected chi connectivity index (χ2v) is 7.98. The van der Waals surface area contributed by atoms with E-state index < -0.39 is 14.9 Å². The Bertz CT molecular complexity index is 920. The Morgan fingerprint density at radius 3 is 2.73 bits per heavy atom. The van der Waals surface area contributed by atoms with Gasteiger partial charge in [-0.2, -0.15) is 9.40 Å². The number of fused-ring (bicyclic) bond motifs is 1. The lowest BCUT2D eigenvalue weighted by molar-refractivity contribution is -0.384. The minimum atomic E-state index is -3.75. The van der Waals surface area contributed by atoms with Gasteiger partial charge in [0.25, 0.3) is 5.69 Å². The molecule has 0 saturated carbocycles. The van der Waals surface area contributed by atoms with Crippen LogP contribution in [0.15, 0.2) is 29.3 Å². The molecular formula is C16H21N5O4S. The van der Waals surface area contributed by atoms with Gasteiger partial charge in [-0.1, -0.05) is 13.8 Å². The summed E-state index contributed by atoms with van der Waals surface area (Å²) in [5.41, 5.74) is 2.24. The fraction of sp³-hybridized carbons (Fsp3) is 0.438. The fourth-order valence-electron chi connectivity index (χ4n) is 3.22. The molecule has 1 aliphatic heterocycles. The van der Waals surface area contributed by atoms with Crippen LogP contribution in [-0.2, 0) is 23.0 Å². The molecule has 10 heteroatoms. The van der Waals surface area contributed by atoms with Crippen LogP contribution in [0, 0.1) is 10.1 Å². The van der Waals surface area contributed by atoms with Crippen molar-refractivity contribution in [2.24, 2.45) is 0 Å². The monoisotopic (exact) mass is 379 g/mol. The summed E-state index contributed by atoms with van der Waals surface area (Å²) >= 11 is 0. The van der Waals surface area contributed by atoms with Gasteiger partial charge in [-0.15, -0.1) is 0 Å². The standard InChI is InChI=1S/C16H21N5O4S/c1-3-20(4-2)26(24,25)13-5-6-15(16(9-13)21(22)23)19-8-7-14-12(11-19)10-17-18-14/h5-6,9-10H,3-4,7-8,11H2,1-2H3,(H,17,18). The van der Waals surface area contributed by atoms with E-state index in [1.165, 1.54) is 16.4 Å². The van der Waals surface area contributed by atoms with Gasteiger partial charge in [-0.25, -0.2) is 8.42 Å². The topological polar surface area (TPSA) is 112 Å². The number of nitro groups is 1. The molecule has 0 saturated heterocycles. The minimum absolute atomic E-state index is 0.0577. The molecule has 140 valence electrons. The number of sulfonamides is 1. The van der Waals surface area contributed by atoms with Crippen molar-refractivity contribution in [1.29, 1.82) is 0 Å². The molecule has 3 rings (SSSR count). The zero-order valence-corrected chi connectivity index (χ0v) is 15.5. The summed E-state index contributed by atoms with van der Waals surface area (Å²) in [5, 5.41) is 18.5. The predicted molar refractivity (Wildman–Crippen MR) is 96.5 cm³/mol. The van der Waals surface area contributed by atoms with Gasteiger partial charge in [0.1, 0.15) is 5.69 Å². The molecule has 0 aliphatic carbocycles. The van der Waals surface area contributed by atoms with Crippen molar-refractivity contribution in [2.45, 2.75) is 31.7 Å². The molecular weight excluding hydrogens is 358 g/mol. The Hall–Kier alpha value is -2.46. The average Bonchev–Trinajstić information content (AvgIpc) is 3.09. The van der Waals surface area contributed by atoms with Crippen LogP contribution in [0.2, 0.25) is 0 Å². The Morgan fingerprint density at radius 1 is 1.35 bits per heavy atom. The summed E-state index contributed by atoms with van der Waals surface area (Å²) in [4.78, 5) is 12.9. The van der Waals surface area contributed by atoms with Gasteiger partial charge in [0.2, 0.25) is 10.0 Å². The normalized spacial score (nSPS) is 14.5. The van der Waals surface area contributed by atoms with Crippen LogP contribution in [-0.4, -0.2) is 47.5 Å². The van der Waals surface area contributed by atoms with Crippen LogP contribution >= 0.6 is 0 Å². The van der Waals surface area contributed by atoms with Crippen LogP contribution < -0.4 is 4.90 Å². The highest BCUT2D eigenvalue weighted by atomic mass is 32.2. The van der Waals surface area contributed by atoms with E-state index in [2.05, 4.69) is 10.2 Å². The van der Waals surface area contributed by atoms with E-state index in [-0.39, 0.29) is 10.6 Å². The SMILES string of the molecule is CCN(CC)S(=O)(=O)c1ccc(N2CCc3[nH]ncc3C2)c([N+](=O)[O-])c1. The van der Waals surface area contributed by atoms with Crippen LogP contribution in [0.25, 0.3) is 0 Å². The van der Waals surface area contributed by atoms with Gasteiger partial charge in [0.15, 0.2) is 0 Å². The molecule has 26 heavy (non-hydrogen) atoms. The number of nitro benzene ring substituents is 1. The third-order valence-electron chi connectivity index (χ3n) is 4.63. The summed E-state index contributed by atoms with van der Waals surface area (Å²) < 4.78 is 26.6. The van der Waals surface area contributed by atoms with Crippen molar-refractivity contribution in [2.75, 3.05) is 24.5 Å². The number of H-pyrrole nitrogens is 1. The number of benzene rings is 1. The zero-order chi connectivity index (χ0) is 18.9. The molecule has 0 fully saturated rings. The molecule has 1 aromatic heterocycles. The van der Waals surface area contributed by atoms with Crippen molar-refractivity contribution in [3.05, 3.63) is 45.8 Å². The molecule has 0 spiro atoms. The molecule has 2 heterocycles. The highest BCUT2D eigenvalue weighted by Gasteiger charge is 2.29. The van der Waals surface area contributed by atoms with Gasteiger partial charge in [0.05, 0.1) is 16.0 Å². The molecule has 0 atom stereocenters. The van der Waals surface area contributed by atoms with Gasteiger partial charge in [0, 0.05) is 49.9 Å². The first-order valence-electron chi connectivity index (χ1n) is 8.43. The smallest absolute Gasteiger partial charge is 0.293 e. The molecule has 1 N–H and O–H groups in total. The molecule has 9 nitrogen and oxygen atoms in total. The van der Waals surface area contributed by atoms with Crippen LogP contribution in [0.5, 0.6) is 0 Å². The summed E-state index contributed by atoms with van der Waals surface area (Å²) in [6, 6.07) is 4.13. The lowest BCUT2D eigenvalue weighted by atomic mass is 10.1. The van der Waals surface area contributed by atoms with E-state index >= 15 is 0 Å². The number of aromatic amines is 1. The van der Waals surface area contributed by atoms with Crippen LogP contribution in [0.4, 0.5) is 11.4 Å². The first kappa shape index (κ1) is 18.3. The second kappa shape index (κ2) is 7.04. The number of aromatic nitrogens is 2. The lowest BCUT2D eigenvalue weighted by Crippen LogP contribution is -2.32. The quantitative estimate of drug-likeness (QED) is 0.606. The molecule has 0 amide bonds. The van der Waals surface area contributed by atoms with Crippen molar-refractivity contribution in [1.82, 2.24) is 14.5 Å². The first-order valence-corrected chi connectivity index (χ1v) is 9.87. The second-order valence-electron chi connectivity index (χ2n) is 6.04. The largest absolute Gasteiger partial charge is 0.361 e. The van der Waals surface area contributed by atoms with Crippen molar-refractivity contribution in [3.8, 4) is 0 Å². The van der Waals surface area contributed by atoms with E-state index in [0.29, 0.717) is 38.3 Å². The summed E-state index contributed by atoms with van der Waals surface area (Å²) in [6.45, 7) is 5.18. The van der Waals surface area contributed by atoms with Crippen LogP contribution in [0.1, 0.15) is 25.1 Å². The Kier molecular flexibility index (Phi) is 4.97. The Labute approximate surface area is 151 Å². The predicted octanol–water partition coefficient (Wildman–Crippen LogP) is 1.91. The molecule has 2 aromatic rings. The number of anilines is 1. The van der Waals surface area contributed by atoms with Gasteiger partial charge >= 0.3 is 0 Å². The number of hydrogen-bond donors (Lipinski definition) is 1. The molecule has 0 radical (unpaired) electrons. The number of nitrogens with zero attached hydrogens (tertiary/aromatic N) is 4. The fourth-order valence-corrected chi connectivity index (χ4v) is 4.70. The third kappa shape index (κ3) is 3.17. The molecule has 0 bridgehead atoms. The first-order chi connectivity index (χ1) is 12.4. The summed E-state index contributed by atoms with van der Waals surface area (Å²) in [6.07, 6.45) is 2.42. The van der Waals surface area contributed by atoms with E-state index in [9.17, 15) is 18.5 Å². The summed E-state index contributed by atoms with van der Waals surface area (Å²) in [7, 11) is -3.75. The summed E-state index contributed by atoms with van der Waals surface area (Å²) in [5.74, 6) is 0. The van der Waals surface area contributed by atoms with Crippen molar-refractivity contribution < 1.29 is 13.3 Å². The maximum Gasteiger partial charge on any atom is 0.293 e. The Morgan fingerprint density at radius 2 is 2.08 bits per heavy atom.